The van der Waals surface area contributed by atoms with Crippen LogP contribution in [0.2, 0.25) is 0 Å². The molecule has 0 saturated carbocycles. The maximum atomic E-state index is 11.0. The largest absolute Gasteiger partial charge is 0.491 e. The average molecular weight is 386 g/mol. The summed E-state index contributed by atoms with van der Waals surface area (Å²) in [6.45, 7) is 6.59. The van der Waals surface area contributed by atoms with Crippen LogP contribution in [0.25, 0.3) is 0 Å². The molecule has 1 N–H and O–H groups in total. The number of likely N-dealkylation sites (tertiary alicyclic amines) is 1. The van der Waals surface area contributed by atoms with Gasteiger partial charge in [-0.1, -0.05) is 30.3 Å². The number of para-hydroxylation sites is 1. The standard InChI is InChI=1S/C23H31NO4/c1-2-26-15-16-27-22-11-9-20(10-12-22)17-24-14-6-13-23(25,18-24)19-28-21-7-4-3-5-8-21/h3-5,7-12,25H,2,6,13-19H2,1H3. The molecule has 1 heterocycles. The number of hydrogen-bond donors (Lipinski definition) is 1. The summed E-state index contributed by atoms with van der Waals surface area (Å²) in [5.74, 6) is 1.66. The molecule has 1 saturated heterocycles. The van der Waals surface area contributed by atoms with Crippen LogP contribution >= 0.6 is 0 Å². The van der Waals surface area contributed by atoms with Gasteiger partial charge < -0.3 is 19.3 Å². The van der Waals surface area contributed by atoms with E-state index < -0.39 is 5.60 Å². The lowest BCUT2D eigenvalue weighted by Gasteiger charge is -2.39. The first kappa shape index (κ1) is 20.6. The summed E-state index contributed by atoms with van der Waals surface area (Å²) in [6, 6.07) is 17.8. The van der Waals surface area contributed by atoms with Gasteiger partial charge in [0.25, 0.3) is 0 Å². The van der Waals surface area contributed by atoms with Crippen LogP contribution in [-0.2, 0) is 11.3 Å². The van der Waals surface area contributed by atoms with Crippen LogP contribution in [0.15, 0.2) is 54.6 Å². The lowest BCUT2D eigenvalue weighted by molar-refractivity contribution is -0.0621. The van der Waals surface area contributed by atoms with Crippen LogP contribution in [0.5, 0.6) is 11.5 Å². The van der Waals surface area contributed by atoms with Gasteiger partial charge in [0.2, 0.25) is 0 Å². The molecule has 152 valence electrons. The maximum Gasteiger partial charge on any atom is 0.119 e. The minimum absolute atomic E-state index is 0.320. The maximum absolute atomic E-state index is 11.0. The van der Waals surface area contributed by atoms with Gasteiger partial charge >= 0.3 is 0 Å². The summed E-state index contributed by atoms with van der Waals surface area (Å²) in [5.41, 5.74) is 0.404. The van der Waals surface area contributed by atoms with Crippen molar-refractivity contribution in [1.82, 2.24) is 4.90 Å². The highest BCUT2D eigenvalue weighted by Crippen LogP contribution is 2.24. The predicted molar refractivity (Wildman–Crippen MR) is 110 cm³/mol. The van der Waals surface area contributed by atoms with E-state index in [1.54, 1.807) is 0 Å². The van der Waals surface area contributed by atoms with Gasteiger partial charge in [0.05, 0.1) is 6.61 Å². The van der Waals surface area contributed by atoms with Gasteiger partial charge in [-0.3, -0.25) is 4.90 Å². The Morgan fingerprint density at radius 3 is 2.46 bits per heavy atom. The van der Waals surface area contributed by atoms with Crippen molar-refractivity contribution in [2.75, 3.05) is 39.5 Å². The quantitative estimate of drug-likeness (QED) is 0.635. The lowest BCUT2D eigenvalue weighted by Crippen LogP contribution is -2.51. The average Bonchev–Trinajstić information content (AvgIpc) is 2.72. The molecule has 5 heteroatoms. The summed E-state index contributed by atoms with van der Waals surface area (Å²) in [7, 11) is 0. The summed E-state index contributed by atoms with van der Waals surface area (Å²) < 4.78 is 16.8. The third kappa shape index (κ3) is 6.51. The second kappa shape index (κ2) is 10.5. The molecule has 1 unspecified atom stereocenters. The molecular formula is C23H31NO4. The number of rotatable bonds is 10. The Morgan fingerprint density at radius 1 is 0.964 bits per heavy atom. The van der Waals surface area contributed by atoms with Gasteiger partial charge in [0.1, 0.15) is 30.3 Å². The van der Waals surface area contributed by atoms with Crippen LogP contribution in [0.1, 0.15) is 25.3 Å². The highest BCUT2D eigenvalue weighted by atomic mass is 16.5. The topological polar surface area (TPSA) is 51.2 Å². The summed E-state index contributed by atoms with van der Waals surface area (Å²) in [5, 5.41) is 11.0. The van der Waals surface area contributed by atoms with Crippen molar-refractivity contribution in [1.29, 1.82) is 0 Å². The molecule has 2 aromatic carbocycles. The Labute approximate surface area is 167 Å². The predicted octanol–water partition coefficient (Wildman–Crippen LogP) is 3.51. The van der Waals surface area contributed by atoms with Gasteiger partial charge in [0, 0.05) is 19.7 Å². The van der Waals surface area contributed by atoms with Crippen molar-refractivity contribution in [3.8, 4) is 11.5 Å². The Bertz CT molecular complexity index is 692. The molecule has 2 aromatic rings. The molecule has 1 aliphatic heterocycles. The zero-order valence-electron chi connectivity index (χ0n) is 16.7. The number of hydrogen-bond acceptors (Lipinski definition) is 5. The monoisotopic (exact) mass is 385 g/mol. The molecule has 3 rings (SSSR count). The molecule has 5 nitrogen and oxygen atoms in total. The van der Waals surface area contributed by atoms with Gasteiger partial charge in [0.15, 0.2) is 0 Å². The second-order valence-electron chi connectivity index (χ2n) is 7.33. The second-order valence-corrected chi connectivity index (χ2v) is 7.33. The molecule has 0 bridgehead atoms. The van der Waals surface area contributed by atoms with Gasteiger partial charge in [-0.15, -0.1) is 0 Å². The van der Waals surface area contributed by atoms with E-state index in [0.29, 0.717) is 33.0 Å². The van der Waals surface area contributed by atoms with Crippen LogP contribution < -0.4 is 9.47 Å². The number of aliphatic hydroxyl groups is 1. The first-order valence-corrected chi connectivity index (χ1v) is 10.1. The van der Waals surface area contributed by atoms with E-state index >= 15 is 0 Å². The minimum atomic E-state index is -0.809. The summed E-state index contributed by atoms with van der Waals surface area (Å²) >= 11 is 0. The molecule has 28 heavy (non-hydrogen) atoms. The number of piperidine rings is 1. The number of ether oxygens (including phenoxy) is 3. The molecule has 1 aliphatic rings. The normalized spacial score (nSPS) is 20.1. The minimum Gasteiger partial charge on any atom is -0.491 e. The highest BCUT2D eigenvalue weighted by Gasteiger charge is 2.34. The molecule has 0 spiro atoms. The Hall–Kier alpha value is -2.08. The Balaban J connectivity index is 1.47. The van der Waals surface area contributed by atoms with E-state index in [-0.39, 0.29) is 0 Å². The number of benzene rings is 2. The van der Waals surface area contributed by atoms with E-state index in [1.807, 2.05) is 49.4 Å². The van der Waals surface area contributed by atoms with Crippen molar-refractivity contribution in [2.45, 2.75) is 31.9 Å². The molecule has 1 fully saturated rings. The SMILES string of the molecule is CCOCCOc1ccc(CN2CCCC(O)(COc3ccccc3)C2)cc1. The van der Waals surface area contributed by atoms with E-state index in [0.717, 1.165) is 37.4 Å². The van der Waals surface area contributed by atoms with Crippen LogP contribution in [-0.4, -0.2) is 55.1 Å². The molecule has 1 atom stereocenters. The van der Waals surface area contributed by atoms with Crippen LogP contribution in [0, 0.1) is 0 Å². The molecule has 0 amide bonds. The highest BCUT2D eigenvalue weighted by molar-refractivity contribution is 5.27. The van der Waals surface area contributed by atoms with E-state index in [9.17, 15) is 5.11 Å². The molecular weight excluding hydrogens is 354 g/mol. The zero-order chi connectivity index (χ0) is 19.7. The van der Waals surface area contributed by atoms with Gasteiger partial charge in [-0.25, -0.2) is 0 Å². The molecule has 0 aliphatic carbocycles. The third-order valence-electron chi connectivity index (χ3n) is 4.92. The van der Waals surface area contributed by atoms with E-state index in [2.05, 4.69) is 17.0 Å². The van der Waals surface area contributed by atoms with Crippen molar-refractivity contribution < 1.29 is 19.3 Å². The van der Waals surface area contributed by atoms with Crippen molar-refractivity contribution in [3.05, 3.63) is 60.2 Å². The van der Waals surface area contributed by atoms with Crippen molar-refractivity contribution in [3.63, 3.8) is 0 Å². The number of nitrogens with zero attached hydrogens (tertiary/aromatic N) is 1. The third-order valence-corrected chi connectivity index (χ3v) is 4.92. The fourth-order valence-corrected chi connectivity index (χ4v) is 3.51. The Kier molecular flexibility index (Phi) is 7.71. The van der Waals surface area contributed by atoms with E-state index in [1.165, 1.54) is 5.56 Å². The molecule has 0 aromatic heterocycles. The van der Waals surface area contributed by atoms with Crippen LogP contribution in [0.4, 0.5) is 0 Å². The van der Waals surface area contributed by atoms with Gasteiger partial charge in [-0.05, 0) is 56.1 Å². The van der Waals surface area contributed by atoms with Gasteiger partial charge in [-0.2, -0.15) is 0 Å². The van der Waals surface area contributed by atoms with Crippen molar-refractivity contribution >= 4 is 0 Å². The fourth-order valence-electron chi connectivity index (χ4n) is 3.51. The Morgan fingerprint density at radius 2 is 1.71 bits per heavy atom. The summed E-state index contributed by atoms with van der Waals surface area (Å²) in [4.78, 5) is 2.29. The zero-order valence-corrected chi connectivity index (χ0v) is 16.7. The number of β-amino-alcohol motifs (C(OH)–C–C–N with tert-alkyl or cyclic N) is 1. The smallest absolute Gasteiger partial charge is 0.119 e. The first-order valence-electron chi connectivity index (χ1n) is 10.1. The fraction of sp³-hybridized carbons (Fsp3) is 0.478. The lowest BCUT2D eigenvalue weighted by atomic mass is 9.93. The first-order chi connectivity index (χ1) is 13.7. The van der Waals surface area contributed by atoms with Crippen LogP contribution in [0.3, 0.4) is 0 Å². The summed E-state index contributed by atoms with van der Waals surface area (Å²) in [6.07, 6.45) is 1.73. The van der Waals surface area contributed by atoms with Crippen molar-refractivity contribution in [2.24, 2.45) is 0 Å². The molecule has 0 radical (unpaired) electrons. The van der Waals surface area contributed by atoms with E-state index in [4.69, 9.17) is 14.2 Å².